The average Bonchev–Trinajstić information content (AvgIpc) is 3.11. The lowest BCUT2D eigenvalue weighted by atomic mass is 10.1. The summed E-state index contributed by atoms with van der Waals surface area (Å²) in [5, 5.41) is 14.1. The van der Waals surface area contributed by atoms with Gasteiger partial charge in [0.25, 0.3) is 0 Å². The minimum atomic E-state index is -0.427. The SMILES string of the molecule is CCc1noc(CC)c1CNC(=O)C(NC)c1cnn(C)c1.Cl. The lowest BCUT2D eigenvalue weighted by Gasteiger charge is -2.14. The third-order valence-electron chi connectivity index (χ3n) is 3.66. The summed E-state index contributed by atoms with van der Waals surface area (Å²) in [4.78, 5) is 12.4. The number of nitrogens with one attached hydrogen (secondary N) is 2. The standard InChI is InChI=1S/C15H23N5O2.ClH/c1-5-12-11(13(6-2)22-19-12)8-17-15(21)14(16-3)10-7-18-20(4)9-10;/h7,9,14,16H,5-6,8H2,1-4H3,(H,17,21);1H. The van der Waals surface area contributed by atoms with Crippen molar-refractivity contribution in [1.29, 1.82) is 0 Å². The van der Waals surface area contributed by atoms with Gasteiger partial charge in [-0.1, -0.05) is 19.0 Å². The van der Waals surface area contributed by atoms with Gasteiger partial charge < -0.3 is 15.2 Å². The van der Waals surface area contributed by atoms with E-state index in [1.807, 2.05) is 27.1 Å². The summed E-state index contributed by atoms with van der Waals surface area (Å²) in [6, 6.07) is -0.427. The van der Waals surface area contributed by atoms with Gasteiger partial charge in [-0.2, -0.15) is 5.10 Å². The molecule has 2 N–H and O–H groups in total. The number of carbonyl (C=O) groups is 1. The Labute approximate surface area is 142 Å². The van der Waals surface area contributed by atoms with Gasteiger partial charge in [-0.25, -0.2) is 0 Å². The first-order chi connectivity index (χ1) is 10.6. The summed E-state index contributed by atoms with van der Waals surface area (Å²) in [6.45, 7) is 4.46. The van der Waals surface area contributed by atoms with Crippen molar-refractivity contribution in [2.45, 2.75) is 39.3 Å². The van der Waals surface area contributed by atoms with Gasteiger partial charge in [-0.3, -0.25) is 9.48 Å². The smallest absolute Gasteiger partial charge is 0.242 e. The highest BCUT2D eigenvalue weighted by Crippen LogP contribution is 2.16. The number of rotatable bonds is 7. The molecule has 2 rings (SSSR count). The van der Waals surface area contributed by atoms with Crippen LogP contribution in [0.25, 0.3) is 0 Å². The molecule has 2 heterocycles. The molecule has 128 valence electrons. The summed E-state index contributed by atoms with van der Waals surface area (Å²) in [5.74, 6) is 0.736. The highest BCUT2D eigenvalue weighted by Gasteiger charge is 2.21. The molecule has 23 heavy (non-hydrogen) atoms. The van der Waals surface area contributed by atoms with Crippen LogP contribution in [0.5, 0.6) is 0 Å². The van der Waals surface area contributed by atoms with Crippen LogP contribution in [0.3, 0.4) is 0 Å². The van der Waals surface area contributed by atoms with Crippen molar-refractivity contribution in [1.82, 2.24) is 25.6 Å². The summed E-state index contributed by atoms with van der Waals surface area (Å²) in [5.41, 5.74) is 2.72. The number of hydrogen-bond donors (Lipinski definition) is 2. The molecule has 0 fully saturated rings. The van der Waals surface area contributed by atoms with Crippen LogP contribution in [0.4, 0.5) is 0 Å². The molecule has 2 aromatic heterocycles. The van der Waals surface area contributed by atoms with Crippen LogP contribution in [0.1, 0.15) is 42.5 Å². The first-order valence-electron chi connectivity index (χ1n) is 7.50. The number of carbonyl (C=O) groups excluding carboxylic acids is 1. The Bertz CT molecular complexity index is 616. The van der Waals surface area contributed by atoms with Gasteiger partial charge in [-0.15, -0.1) is 12.4 Å². The average molecular weight is 342 g/mol. The molecule has 1 unspecified atom stereocenters. The Kier molecular flexibility index (Phi) is 7.25. The maximum Gasteiger partial charge on any atom is 0.242 e. The van der Waals surface area contributed by atoms with E-state index in [0.29, 0.717) is 6.54 Å². The molecule has 0 aromatic carbocycles. The van der Waals surface area contributed by atoms with Crippen molar-refractivity contribution in [2.24, 2.45) is 7.05 Å². The summed E-state index contributed by atoms with van der Waals surface area (Å²) in [7, 11) is 3.58. The minimum Gasteiger partial charge on any atom is -0.361 e. The number of aromatic nitrogens is 3. The molecule has 0 spiro atoms. The largest absolute Gasteiger partial charge is 0.361 e. The predicted octanol–water partition coefficient (Wildman–Crippen LogP) is 1.53. The van der Waals surface area contributed by atoms with E-state index in [9.17, 15) is 4.79 Å². The molecule has 0 saturated heterocycles. The fourth-order valence-electron chi connectivity index (χ4n) is 2.45. The van der Waals surface area contributed by atoms with E-state index in [1.54, 1.807) is 17.9 Å². The lowest BCUT2D eigenvalue weighted by Crippen LogP contribution is -2.35. The molecule has 0 aliphatic carbocycles. The topological polar surface area (TPSA) is 85.0 Å². The molecule has 1 atom stereocenters. The molecular formula is C15H24ClN5O2. The van der Waals surface area contributed by atoms with E-state index in [-0.39, 0.29) is 18.3 Å². The van der Waals surface area contributed by atoms with Gasteiger partial charge in [0, 0.05) is 37.3 Å². The molecule has 2 aromatic rings. The van der Waals surface area contributed by atoms with Gasteiger partial charge in [0.1, 0.15) is 11.8 Å². The lowest BCUT2D eigenvalue weighted by molar-refractivity contribution is -0.123. The first-order valence-corrected chi connectivity index (χ1v) is 7.50. The molecule has 0 saturated carbocycles. The maximum atomic E-state index is 12.4. The van der Waals surface area contributed by atoms with E-state index in [4.69, 9.17) is 4.52 Å². The number of hydrogen-bond acceptors (Lipinski definition) is 5. The third-order valence-corrected chi connectivity index (χ3v) is 3.66. The molecule has 0 bridgehead atoms. The number of amides is 1. The number of aryl methyl sites for hydroxylation is 3. The van der Waals surface area contributed by atoms with Crippen LogP contribution in [-0.2, 0) is 31.2 Å². The number of halogens is 1. The van der Waals surface area contributed by atoms with Crippen LogP contribution in [-0.4, -0.2) is 27.9 Å². The summed E-state index contributed by atoms with van der Waals surface area (Å²) < 4.78 is 6.99. The van der Waals surface area contributed by atoms with E-state index in [1.165, 1.54) is 0 Å². The second kappa shape index (κ2) is 8.69. The zero-order valence-corrected chi connectivity index (χ0v) is 14.7. The predicted molar refractivity (Wildman–Crippen MR) is 89.4 cm³/mol. The van der Waals surface area contributed by atoms with Crippen molar-refractivity contribution >= 4 is 18.3 Å². The van der Waals surface area contributed by atoms with Gasteiger partial charge in [0.2, 0.25) is 5.91 Å². The van der Waals surface area contributed by atoms with E-state index in [0.717, 1.165) is 35.4 Å². The van der Waals surface area contributed by atoms with E-state index < -0.39 is 6.04 Å². The monoisotopic (exact) mass is 341 g/mol. The van der Waals surface area contributed by atoms with E-state index >= 15 is 0 Å². The van der Waals surface area contributed by atoms with Crippen molar-refractivity contribution in [3.63, 3.8) is 0 Å². The zero-order valence-electron chi connectivity index (χ0n) is 13.9. The third kappa shape index (κ3) is 4.33. The summed E-state index contributed by atoms with van der Waals surface area (Å²) in [6.07, 6.45) is 5.06. The molecular weight excluding hydrogens is 318 g/mol. The Morgan fingerprint density at radius 1 is 1.39 bits per heavy atom. The van der Waals surface area contributed by atoms with Gasteiger partial charge in [-0.05, 0) is 13.5 Å². The van der Waals surface area contributed by atoms with Crippen LogP contribution >= 0.6 is 12.4 Å². The van der Waals surface area contributed by atoms with Crippen LogP contribution in [0.2, 0.25) is 0 Å². The second-order valence-electron chi connectivity index (χ2n) is 5.12. The normalized spacial score (nSPS) is 11.8. The Morgan fingerprint density at radius 3 is 2.65 bits per heavy atom. The molecule has 7 nitrogen and oxygen atoms in total. The van der Waals surface area contributed by atoms with Crippen LogP contribution in [0.15, 0.2) is 16.9 Å². The van der Waals surface area contributed by atoms with Crippen molar-refractivity contribution in [2.75, 3.05) is 7.05 Å². The number of likely N-dealkylation sites (N-methyl/N-ethyl adjacent to an activating group) is 1. The van der Waals surface area contributed by atoms with Crippen molar-refractivity contribution in [3.05, 3.63) is 35.0 Å². The second-order valence-corrected chi connectivity index (χ2v) is 5.12. The fraction of sp³-hybridized carbons (Fsp3) is 0.533. The molecule has 0 aliphatic rings. The van der Waals surface area contributed by atoms with Crippen LogP contribution in [0, 0.1) is 0 Å². The number of nitrogens with zero attached hydrogens (tertiary/aromatic N) is 3. The van der Waals surface area contributed by atoms with Gasteiger partial charge in [0.15, 0.2) is 0 Å². The van der Waals surface area contributed by atoms with Crippen molar-refractivity contribution in [3.8, 4) is 0 Å². The zero-order chi connectivity index (χ0) is 16.1. The Hall–Kier alpha value is -1.86. The quantitative estimate of drug-likeness (QED) is 0.797. The van der Waals surface area contributed by atoms with E-state index in [2.05, 4.69) is 20.9 Å². The minimum absolute atomic E-state index is 0. The Morgan fingerprint density at radius 2 is 2.13 bits per heavy atom. The van der Waals surface area contributed by atoms with Crippen molar-refractivity contribution < 1.29 is 9.32 Å². The highest BCUT2D eigenvalue weighted by atomic mass is 35.5. The van der Waals surface area contributed by atoms with Crippen LogP contribution < -0.4 is 10.6 Å². The van der Waals surface area contributed by atoms with Gasteiger partial charge in [0.05, 0.1) is 11.9 Å². The first kappa shape index (κ1) is 19.2. The molecule has 1 amide bonds. The Balaban J connectivity index is 0.00000264. The maximum absolute atomic E-state index is 12.4. The molecule has 0 aliphatic heterocycles. The highest BCUT2D eigenvalue weighted by molar-refractivity contribution is 5.85. The molecule has 0 radical (unpaired) electrons. The fourth-order valence-corrected chi connectivity index (χ4v) is 2.45. The summed E-state index contributed by atoms with van der Waals surface area (Å²) >= 11 is 0. The van der Waals surface area contributed by atoms with Gasteiger partial charge >= 0.3 is 0 Å². The molecule has 8 heteroatoms.